The molecule has 5 atom stereocenters. The molecule has 0 aromatic rings. The molecule has 1 N–H and O–H groups in total. The molecule has 20 heavy (non-hydrogen) atoms. The summed E-state index contributed by atoms with van der Waals surface area (Å²) in [6, 6.07) is 0.475. The second kappa shape index (κ2) is 6.17. The standard InChI is InChI=1S/C17H31NO2/c1-6-7-8-12(2)11-14(4)18-10-9-13(3)17(18)15(19)16(17)20-5/h8,13-16,19H,6-7,9-11H2,1-5H3/b12-8+/t13-,14?,15+,16?,17?/m1/s1. The van der Waals surface area contributed by atoms with Crippen molar-refractivity contribution in [2.75, 3.05) is 13.7 Å². The number of aliphatic hydroxyl groups is 1. The minimum Gasteiger partial charge on any atom is -0.388 e. The Labute approximate surface area is 124 Å². The van der Waals surface area contributed by atoms with E-state index < -0.39 is 0 Å². The first kappa shape index (κ1) is 16.0. The number of ether oxygens (including phenoxy) is 1. The Morgan fingerprint density at radius 3 is 2.80 bits per heavy atom. The van der Waals surface area contributed by atoms with Gasteiger partial charge in [-0.2, -0.15) is 0 Å². The molecule has 116 valence electrons. The minimum absolute atomic E-state index is 0.00220. The van der Waals surface area contributed by atoms with Crippen molar-refractivity contribution in [2.45, 2.75) is 77.2 Å². The van der Waals surface area contributed by atoms with Crippen molar-refractivity contribution in [1.82, 2.24) is 4.90 Å². The monoisotopic (exact) mass is 281 g/mol. The van der Waals surface area contributed by atoms with Crippen LogP contribution in [0.4, 0.5) is 0 Å². The van der Waals surface area contributed by atoms with Crippen LogP contribution in [-0.4, -0.2) is 47.4 Å². The highest BCUT2D eigenvalue weighted by molar-refractivity contribution is 5.27. The Hall–Kier alpha value is -0.380. The van der Waals surface area contributed by atoms with Crippen LogP contribution in [0.1, 0.15) is 53.4 Å². The Balaban J connectivity index is 2.05. The van der Waals surface area contributed by atoms with E-state index in [2.05, 4.69) is 38.7 Å². The van der Waals surface area contributed by atoms with Crippen LogP contribution in [0, 0.1) is 5.92 Å². The third-order valence-corrected chi connectivity index (χ3v) is 5.38. The van der Waals surface area contributed by atoms with Gasteiger partial charge >= 0.3 is 0 Å². The van der Waals surface area contributed by atoms with Gasteiger partial charge in [0.05, 0.1) is 5.54 Å². The lowest BCUT2D eigenvalue weighted by Gasteiger charge is -2.33. The van der Waals surface area contributed by atoms with Gasteiger partial charge in [0.1, 0.15) is 12.2 Å². The number of rotatable bonds is 6. The van der Waals surface area contributed by atoms with Crippen molar-refractivity contribution >= 4 is 0 Å². The number of hydrogen-bond donors (Lipinski definition) is 1. The highest BCUT2D eigenvalue weighted by atomic mass is 16.5. The first-order chi connectivity index (χ1) is 9.49. The zero-order chi connectivity index (χ0) is 14.9. The fourth-order valence-electron chi connectivity index (χ4n) is 4.26. The van der Waals surface area contributed by atoms with Gasteiger partial charge in [0.15, 0.2) is 0 Å². The van der Waals surface area contributed by atoms with E-state index in [4.69, 9.17) is 4.74 Å². The molecule has 0 amide bonds. The van der Waals surface area contributed by atoms with Crippen LogP contribution >= 0.6 is 0 Å². The van der Waals surface area contributed by atoms with E-state index in [1.54, 1.807) is 7.11 Å². The topological polar surface area (TPSA) is 32.7 Å². The first-order valence-electron chi connectivity index (χ1n) is 8.13. The van der Waals surface area contributed by atoms with Gasteiger partial charge in [-0.05, 0) is 45.6 Å². The largest absolute Gasteiger partial charge is 0.388 e. The van der Waals surface area contributed by atoms with E-state index in [1.807, 2.05) is 0 Å². The fourth-order valence-corrected chi connectivity index (χ4v) is 4.26. The van der Waals surface area contributed by atoms with Crippen molar-refractivity contribution in [1.29, 1.82) is 0 Å². The average molecular weight is 281 g/mol. The molecule has 0 radical (unpaired) electrons. The number of hydrogen-bond acceptors (Lipinski definition) is 3. The van der Waals surface area contributed by atoms with Gasteiger partial charge in [-0.3, -0.25) is 4.90 Å². The van der Waals surface area contributed by atoms with Gasteiger partial charge in [0.25, 0.3) is 0 Å². The Morgan fingerprint density at radius 1 is 1.55 bits per heavy atom. The zero-order valence-electron chi connectivity index (χ0n) is 13.7. The van der Waals surface area contributed by atoms with Gasteiger partial charge in [0, 0.05) is 13.2 Å². The predicted octanol–water partition coefficient (Wildman–Crippen LogP) is 2.98. The number of aliphatic hydroxyl groups excluding tert-OH is 1. The van der Waals surface area contributed by atoms with Crippen molar-refractivity contribution in [3.05, 3.63) is 11.6 Å². The summed E-state index contributed by atoms with van der Waals surface area (Å²) >= 11 is 0. The average Bonchev–Trinajstić information content (AvgIpc) is 2.85. The summed E-state index contributed by atoms with van der Waals surface area (Å²) in [4.78, 5) is 2.51. The summed E-state index contributed by atoms with van der Waals surface area (Å²) in [5.74, 6) is 0.518. The second-order valence-electron chi connectivity index (χ2n) is 6.76. The normalized spacial score (nSPS) is 39.5. The van der Waals surface area contributed by atoms with E-state index >= 15 is 0 Å². The van der Waals surface area contributed by atoms with Crippen molar-refractivity contribution < 1.29 is 9.84 Å². The van der Waals surface area contributed by atoms with E-state index in [0.717, 1.165) is 13.0 Å². The lowest BCUT2D eigenvalue weighted by Crippen LogP contribution is -2.45. The SMILES string of the molecule is CCC/C=C(\C)CC(C)N1CC[C@@H](C)C12C(OC)[C@@H]2O. The van der Waals surface area contributed by atoms with Crippen molar-refractivity contribution in [3.8, 4) is 0 Å². The Morgan fingerprint density at radius 2 is 2.25 bits per heavy atom. The highest BCUT2D eigenvalue weighted by Gasteiger charge is 2.73. The van der Waals surface area contributed by atoms with E-state index in [1.165, 1.54) is 24.8 Å². The molecule has 1 heterocycles. The number of unbranched alkanes of at least 4 members (excludes halogenated alkanes) is 1. The summed E-state index contributed by atoms with van der Waals surface area (Å²) in [7, 11) is 1.73. The molecule has 1 saturated carbocycles. The van der Waals surface area contributed by atoms with Gasteiger partial charge in [-0.25, -0.2) is 0 Å². The molecule has 1 aliphatic carbocycles. The molecule has 2 aliphatic rings. The van der Waals surface area contributed by atoms with Crippen LogP contribution in [0.25, 0.3) is 0 Å². The Bertz CT molecular complexity index is 368. The van der Waals surface area contributed by atoms with Crippen LogP contribution in [0.3, 0.4) is 0 Å². The summed E-state index contributed by atoms with van der Waals surface area (Å²) in [5.41, 5.74) is 1.36. The fraction of sp³-hybridized carbons (Fsp3) is 0.882. The molecular formula is C17H31NO2. The smallest absolute Gasteiger partial charge is 0.106 e. The number of likely N-dealkylation sites (tertiary alicyclic amines) is 1. The molecule has 1 saturated heterocycles. The number of methoxy groups -OCH3 is 1. The van der Waals surface area contributed by atoms with Crippen LogP contribution in [0.2, 0.25) is 0 Å². The molecule has 2 fully saturated rings. The van der Waals surface area contributed by atoms with Crippen LogP contribution in [0.5, 0.6) is 0 Å². The molecule has 0 bridgehead atoms. The highest BCUT2D eigenvalue weighted by Crippen LogP contribution is 2.55. The Kier molecular flexibility index (Phi) is 4.93. The molecule has 1 aliphatic heterocycles. The lowest BCUT2D eigenvalue weighted by molar-refractivity contribution is 0.0739. The quantitative estimate of drug-likeness (QED) is 0.760. The molecule has 3 nitrogen and oxygen atoms in total. The van der Waals surface area contributed by atoms with E-state index in [-0.39, 0.29) is 17.7 Å². The summed E-state index contributed by atoms with van der Waals surface area (Å²) in [6.07, 6.45) is 6.69. The maximum absolute atomic E-state index is 10.4. The van der Waals surface area contributed by atoms with Crippen molar-refractivity contribution in [2.24, 2.45) is 5.92 Å². The number of allylic oxidation sites excluding steroid dienone is 1. The van der Waals surface area contributed by atoms with Crippen LogP contribution < -0.4 is 0 Å². The predicted molar refractivity (Wildman–Crippen MR) is 82.8 cm³/mol. The van der Waals surface area contributed by atoms with Crippen LogP contribution in [0.15, 0.2) is 11.6 Å². The molecule has 0 aromatic carbocycles. The van der Waals surface area contributed by atoms with E-state index in [9.17, 15) is 5.11 Å². The molecule has 1 spiro atoms. The number of nitrogens with zero attached hydrogens (tertiary/aromatic N) is 1. The van der Waals surface area contributed by atoms with Crippen molar-refractivity contribution in [3.63, 3.8) is 0 Å². The van der Waals surface area contributed by atoms with E-state index in [0.29, 0.717) is 12.0 Å². The molecule has 3 heteroatoms. The van der Waals surface area contributed by atoms with Gasteiger partial charge < -0.3 is 9.84 Å². The maximum atomic E-state index is 10.4. The second-order valence-corrected chi connectivity index (χ2v) is 6.76. The molecular weight excluding hydrogens is 250 g/mol. The minimum atomic E-state index is -0.313. The van der Waals surface area contributed by atoms with Gasteiger partial charge in [-0.15, -0.1) is 0 Å². The third kappa shape index (κ3) is 2.44. The third-order valence-electron chi connectivity index (χ3n) is 5.38. The van der Waals surface area contributed by atoms with Gasteiger partial charge in [-0.1, -0.05) is 31.9 Å². The zero-order valence-corrected chi connectivity index (χ0v) is 13.7. The summed E-state index contributed by atoms with van der Waals surface area (Å²) < 4.78 is 5.53. The van der Waals surface area contributed by atoms with Gasteiger partial charge in [0.2, 0.25) is 0 Å². The van der Waals surface area contributed by atoms with Crippen LogP contribution in [-0.2, 0) is 4.74 Å². The molecule has 2 rings (SSSR count). The lowest BCUT2D eigenvalue weighted by atomic mass is 9.97. The summed E-state index contributed by atoms with van der Waals surface area (Å²) in [6.45, 7) is 10.1. The first-order valence-corrected chi connectivity index (χ1v) is 8.13. The molecule has 0 aromatic heterocycles. The molecule has 3 unspecified atom stereocenters. The maximum Gasteiger partial charge on any atom is 0.106 e. The summed E-state index contributed by atoms with van der Waals surface area (Å²) in [5, 5.41) is 10.4.